The summed E-state index contributed by atoms with van der Waals surface area (Å²) >= 11 is 4.77. The molecule has 1 heterocycles. The number of benzene rings is 1. The summed E-state index contributed by atoms with van der Waals surface area (Å²) in [6, 6.07) is 5.59. The predicted octanol–water partition coefficient (Wildman–Crippen LogP) is 4.02. The lowest BCUT2D eigenvalue weighted by atomic mass is 9.90. The molecule has 2 aromatic rings. The van der Waals surface area contributed by atoms with E-state index in [1.54, 1.807) is 26.3 Å². The van der Waals surface area contributed by atoms with Gasteiger partial charge in [0.2, 0.25) is 0 Å². The molecule has 0 radical (unpaired) electrons. The van der Waals surface area contributed by atoms with Crippen LogP contribution in [0.4, 0.5) is 10.8 Å². The number of hydrogen-bond donors (Lipinski definition) is 2. The summed E-state index contributed by atoms with van der Waals surface area (Å²) in [5, 5.41) is 14.8. The molecule has 0 atom stereocenters. The largest absolute Gasteiger partial charge is 0.497 e. The molecular formula is C14H15BrN2O3S. The zero-order valence-corrected chi connectivity index (χ0v) is 14.2. The minimum absolute atomic E-state index is 0.532. The van der Waals surface area contributed by atoms with Crippen molar-refractivity contribution in [3.63, 3.8) is 0 Å². The molecule has 7 heteroatoms. The molecule has 0 saturated heterocycles. The number of thiazole rings is 1. The molecule has 2 N–H and O–H groups in total. The van der Waals surface area contributed by atoms with Gasteiger partial charge in [0, 0.05) is 21.6 Å². The first-order valence-electron chi connectivity index (χ1n) is 6.14. The molecule has 0 amide bonds. The molecule has 5 nitrogen and oxygen atoms in total. The lowest BCUT2D eigenvalue weighted by Crippen LogP contribution is -2.28. The molecule has 112 valence electrons. The van der Waals surface area contributed by atoms with Crippen LogP contribution in [0.3, 0.4) is 0 Å². The topological polar surface area (TPSA) is 71.5 Å². The van der Waals surface area contributed by atoms with E-state index < -0.39 is 11.4 Å². The summed E-state index contributed by atoms with van der Waals surface area (Å²) in [6.07, 6.45) is 0. The van der Waals surface area contributed by atoms with E-state index in [1.807, 2.05) is 18.2 Å². The Balaban J connectivity index is 2.24. The summed E-state index contributed by atoms with van der Waals surface area (Å²) in [4.78, 5) is 15.6. The molecule has 21 heavy (non-hydrogen) atoms. The van der Waals surface area contributed by atoms with E-state index in [1.165, 1.54) is 11.3 Å². The number of carbonyl (C=O) groups is 1. The van der Waals surface area contributed by atoms with Crippen molar-refractivity contribution in [1.82, 2.24) is 4.98 Å². The zero-order chi connectivity index (χ0) is 15.6. The van der Waals surface area contributed by atoms with Crippen molar-refractivity contribution in [1.29, 1.82) is 0 Å². The molecule has 0 aliphatic rings. The zero-order valence-electron chi connectivity index (χ0n) is 11.8. The smallest absolute Gasteiger partial charge is 0.315 e. The van der Waals surface area contributed by atoms with Crippen molar-refractivity contribution in [2.24, 2.45) is 0 Å². The Labute approximate surface area is 135 Å². The third kappa shape index (κ3) is 3.54. The fraction of sp³-hybridized carbons (Fsp3) is 0.286. The first-order valence-corrected chi connectivity index (χ1v) is 7.81. The van der Waals surface area contributed by atoms with Crippen LogP contribution in [-0.4, -0.2) is 23.2 Å². The number of halogens is 1. The quantitative estimate of drug-likeness (QED) is 0.831. The normalized spacial score (nSPS) is 11.2. The number of carboxylic acid groups (broad SMARTS) is 1. The number of aromatic nitrogens is 1. The Morgan fingerprint density at radius 1 is 1.43 bits per heavy atom. The van der Waals surface area contributed by atoms with Crippen LogP contribution in [0.5, 0.6) is 5.75 Å². The molecule has 0 unspecified atom stereocenters. The van der Waals surface area contributed by atoms with Crippen molar-refractivity contribution >= 4 is 44.1 Å². The van der Waals surface area contributed by atoms with Gasteiger partial charge in [-0.1, -0.05) is 15.9 Å². The van der Waals surface area contributed by atoms with E-state index in [2.05, 4.69) is 26.2 Å². The summed E-state index contributed by atoms with van der Waals surface area (Å²) in [6.45, 7) is 3.27. The van der Waals surface area contributed by atoms with E-state index in [4.69, 9.17) is 4.74 Å². The lowest BCUT2D eigenvalue weighted by Gasteiger charge is -2.15. The first kappa shape index (κ1) is 15.8. The van der Waals surface area contributed by atoms with Gasteiger partial charge in [-0.05, 0) is 26.0 Å². The van der Waals surface area contributed by atoms with Gasteiger partial charge in [-0.2, -0.15) is 0 Å². The molecular weight excluding hydrogens is 356 g/mol. The van der Waals surface area contributed by atoms with Crippen molar-refractivity contribution in [2.75, 3.05) is 12.4 Å². The van der Waals surface area contributed by atoms with Gasteiger partial charge < -0.3 is 15.2 Å². The number of ether oxygens (including phenoxy) is 1. The van der Waals surface area contributed by atoms with Crippen LogP contribution in [0.15, 0.2) is 28.1 Å². The van der Waals surface area contributed by atoms with Gasteiger partial charge in [0.1, 0.15) is 11.2 Å². The monoisotopic (exact) mass is 370 g/mol. The van der Waals surface area contributed by atoms with Crippen LogP contribution in [0, 0.1) is 0 Å². The molecule has 0 aliphatic carbocycles. The van der Waals surface area contributed by atoms with Crippen molar-refractivity contribution in [3.8, 4) is 5.75 Å². The number of nitrogens with one attached hydrogen (secondary N) is 1. The molecule has 1 aromatic heterocycles. The fourth-order valence-corrected chi connectivity index (χ4v) is 2.97. The average Bonchev–Trinajstić information content (AvgIpc) is 2.86. The van der Waals surface area contributed by atoms with Crippen LogP contribution >= 0.6 is 27.3 Å². The van der Waals surface area contributed by atoms with E-state index in [-0.39, 0.29) is 0 Å². The minimum atomic E-state index is -1.01. The number of anilines is 2. The van der Waals surface area contributed by atoms with Crippen LogP contribution in [0.2, 0.25) is 0 Å². The molecule has 0 spiro atoms. The Hall–Kier alpha value is -1.60. The van der Waals surface area contributed by atoms with Gasteiger partial charge in [0.05, 0.1) is 12.8 Å². The highest BCUT2D eigenvalue weighted by Crippen LogP contribution is 2.31. The molecule has 0 saturated carbocycles. The highest BCUT2D eigenvalue weighted by molar-refractivity contribution is 9.10. The standard InChI is InChI=1S/C14H15BrN2O3S/c1-14(2,12(18)19)11-7-21-13(17-11)16-9-4-8(15)5-10(6-9)20-3/h4-7H,1-3H3,(H,16,17)(H,18,19). The lowest BCUT2D eigenvalue weighted by molar-refractivity contribution is -0.142. The second kappa shape index (κ2) is 6.03. The van der Waals surface area contributed by atoms with Crippen molar-refractivity contribution in [2.45, 2.75) is 19.3 Å². The second-order valence-corrected chi connectivity index (χ2v) is 6.75. The Bertz CT molecular complexity index is 670. The summed E-state index contributed by atoms with van der Waals surface area (Å²) in [5.74, 6) is -0.182. The van der Waals surface area contributed by atoms with E-state index in [0.717, 1.165) is 15.9 Å². The molecule has 1 aromatic carbocycles. The molecule has 0 fully saturated rings. The third-order valence-electron chi connectivity index (χ3n) is 3.04. The summed E-state index contributed by atoms with van der Waals surface area (Å²) in [5.41, 5.74) is 0.338. The number of carboxylic acids is 1. The number of rotatable bonds is 5. The third-order valence-corrected chi connectivity index (χ3v) is 4.25. The first-order chi connectivity index (χ1) is 9.82. The van der Waals surface area contributed by atoms with Gasteiger partial charge in [0.25, 0.3) is 0 Å². The second-order valence-electron chi connectivity index (χ2n) is 4.97. The highest BCUT2D eigenvalue weighted by atomic mass is 79.9. The maximum Gasteiger partial charge on any atom is 0.315 e. The van der Waals surface area contributed by atoms with Crippen molar-refractivity contribution < 1.29 is 14.6 Å². The highest BCUT2D eigenvalue weighted by Gasteiger charge is 2.32. The summed E-state index contributed by atoms with van der Waals surface area (Å²) in [7, 11) is 1.60. The Kier molecular flexibility index (Phi) is 4.53. The Morgan fingerprint density at radius 2 is 2.14 bits per heavy atom. The molecule has 0 bridgehead atoms. The van der Waals surface area contributed by atoms with Gasteiger partial charge in [-0.3, -0.25) is 4.79 Å². The van der Waals surface area contributed by atoms with Crippen LogP contribution in [-0.2, 0) is 10.2 Å². The van der Waals surface area contributed by atoms with Gasteiger partial charge >= 0.3 is 5.97 Å². The fourth-order valence-electron chi connectivity index (χ4n) is 1.60. The number of methoxy groups -OCH3 is 1. The van der Waals surface area contributed by atoms with Gasteiger partial charge in [0.15, 0.2) is 5.13 Å². The van der Waals surface area contributed by atoms with Crippen LogP contribution < -0.4 is 10.1 Å². The van der Waals surface area contributed by atoms with E-state index in [0.29, 0.717) is 10.8 Å². The van der Waals surface area contributed by atoms with E-state index >= 15 is 0 Å². The van der Waals surface area contributed by atoms with Gasteiger partial charge in [-0.25, -0.2) is 4.98 Å². The van der Waals surface area contributed by atoms with E-state index in [9.17, 15) is 9.90 Å². The SMILES string of the molecule is COc1cc(Br)cc(Nc2nc(C(C)(C)C(=O)O)cs2)c1. The Morgan fingerprint density at radius 3 is 2.76 bits per heavy atom. The maximum absolute atomic E-state index is 11.2. The molecule has 2 rings (SSSR count). The average molecular weight is 371 g/mol. The maximum atomic E-state index is 11.2. The van der Waals surface area contributed by atoms with Crippen molar-refractivity contribution in [3.05, 3.63) is 33.7 Å². The predicted molar refractivity (Wildman–Crippen MR) is 86.8 cm³/mol. The van der Waals surface area contributed by atoms with Crippen LogP contribution in [0.25, 0.3) is 0 Å². The minimum Gasteiger partial charge on any atom is -0.497 e. The number of aliphatic carboxylic acids is 1. The number of hydrogen-bond acceptors (Lipinski definition) is 5. The van der Waals surface area contributed by atoms with Crippen LogP contribution in [0.1, 0.15) is 19.5 Å². The number of nitrogens with zero attached hydrogens (tertiary/aromatic N) is 1. The van der Waals surface area contributed by atoms with Gasteiger partial charge in [-0.15, -0.1) is 11.3 Å². The molecule has 0 aliphatic heterocycles. The summed E-state index contributed by atoms with van der Waals surface area (Å²) < 4.78 is 6.08.